The highest BCUT2D eigenvalue weighted by molar-refractivity contribution is 7.47. The van der Waals surface area contributed by atoms with Crippen LogP contribution in [0.2, 0.25) is 0 Å². The summed E-state index contributed by atoms with van der Waals surface area (Å²) in [6.07, 6.45) is 44.4. The van der Waals surface area contributed by atoms with E-state index >= 15 is 0 Å². The van der Waals surface area contributed by atoms with E-state index in [0.717, 1.165) is 102 Å². The second-order valence-corrected chi connectivity index (χ2v) is 27.2. The van der Waals surface area contributed by atoms with Gasteiger partial charge in [-0.05, 0) is 31.6 Å². The van der Waals surface area contributed by atoms with E-state index in [4.69, 9.17) is 37.0 Å². The van der Waals surface area contributed by atoms with Gasteiger partial charge in [0.05, 0.1) is 26.4 Å². The van der Waals surface area contributed by atoms with E-state index in [0.29, 0.717) is 25.7 Å². The summed E-state index contributed by atoms with van der Waals surface area (Å²) in [4.78, 5) is 72.2. The molecule has 0 rings (SSSR count). The van der Waals surface area contributed by atoms with Gasteiger partial charge in [-0.25, -0.2) is 9.13 Å². The average Bonchev–Trinajstić information content (AvgIpc) is 3.64. The molecule has 5 atom stereocenters. The Bertz CT molecular complexity index is 1650. The van der Waals surface area contributed by atoms with Crippen LogP contribution in [0.1, 0.15) is 336 Å². The third-order valence-electron chi connectivity index (χ3n) is 15.3. The maximum Gasteiger partial charge on any atom is 0.472 e. The number of esters is 4. The molecule has 0 aliphatic carbocycles. The first-order valence-electron chi connectivity index (χ1n) is 34.6. The summed E-state index contributed by atoms with van der Waals surface area (Å²) >= 11 is 0. The largest absolute Gasteiger partial charge is 0.472 e. The van der Waals surface area contributed by atoms with Crippen LogP contribution in [0.3, 0.4) is 0 Å². The Kier molecular flexibility index (Phi) is 58.3. The zero-order chi connectivity index (χ0) is 62.8. The Hall–Kier alpha value is -1.94. The standard InChI is InChI=1S/C66H128O17P2/c1-6-9-12-15-18-21-26-31-35-40-45-50-64(69)77-56-62(83-66(71)52-47-42-37-32-28-25-23-22-24-27-30-33-38-43-48-59(4)5)58-81-85(74,75)79-54-60(67)53-78-84(72,73)80-57-61(55-76-63(68)49-44-39-34-20-17-14-11-8-3)82-65(70)51-46-41-36-29-19-16-13-10-7-2/h59-62,67H,6-58H2,1-5H3,(H,72,73)(H,74,75)/t60-,61+,62+/m0/s1. The molecule has 0 amide bonds. The first-order valence-corrected chi connectivity index (χ1v) is 37.6. The molecule has 0 saturated heterocycles. The third-order valence-corrected chi connectivity index (χ3v) is 17.2. The molecule has 3 N–H and O–H groups in total. The maximum absolute atomic E-state index is 13.0. The molecular weight excluding hydrogens is 1130 g/mol. The molecular formula is C66H128O17P2. The number of phosphoric acid groups is 2. The van der Waals surface area contributed by atoms with Crippen LogP contribution in [-0.4, -0.2) is 96.7 Å². The van der Waals surface area contributed by atoms with E-state index in [1.54, 1.807) is 0 Å². The zero-order valence-corrected chi connectivity index (χ0v) is 56.5. The summed E-state index contributed by atoms with van der Waals surface area (Å²) < 4.78 is 68.0. The third kappa shape index (κ3) is 60.7. The second-order valence-electron chi connectivity index (χ2n) is 24.3. The van der Waals surface area contributed by atoms with Crippen molar-refractivity contribution < 1.29 is 80.2 Å². The van der Waals surface area contributed by atoms with Gasteiger partial charge in [-0.3, -0.25) is 37.3 Å². The SMILES string of the molecule is CCCCCCCCCCCCCC(=O)OC[C@H](COP(=O)(O)OC[C@@H](O)COP(=O)(O)OC[C@@H](COC(=O)CCCCCCCCCC)OC(=O)CCCCCCCCCCC)OC(=O)CCCCCCCCCCCCCCCCC(C)C. The molecule has 0 aliphatic heterocycles. The minimum atomic E-state index is -4.95. The van der Waals surface area contributed by atoms with E-state index in [1.807, 2.05) is 0 Å². The number of carbonyl (C=O) groups excluding carboxylic acids is 4. The lowest BCUT2D eigenvalue weighted by atomic mass is 10.0. The zero-order valence-electron chi connectivity index (χ0n) is 54.7. The van der Waals surface area contributed by atoms with Crippen LogP contribution >= 0.6 is 15.6 Å². The van der Waals surface area contributed by atoms with Gasteiger partial charge in [-0.2, -0.15) is 0 Å². The smallest absolute Gasteiger partial charge is 0.462 e. The molecule has 0 fully saturated rings. The maximum atomic E-state index is 13.0. The average molecular weight is 1260 g/mol. The summed E-state index contributed by atoms with van der Waals surface area (Å²) in [7, 11) is -9.88. The van der Waals surface area contributed by atoms with Crippen molar-refractivity contribution in [2.75, 3.05) is 39.6 Å². The van der Waals surface area contributed by atoms with Crippen molar-refractivity contribution in [3.05, 3.63) is 0 Å². The van der Waals surface area contributed by atoms with Gasteiger partial charge in [-0.1, -0.05) is 285 Å². The predicted octanol–water partition coefficient (Wildman–Crippen LogP) is 18.6. The number of rotatable bonds is 66. The van der Waals surface area contributed by atoms with Crippen LogP contribution in [-0.2, 0) is 65.4 Å². The fraction of sp³-hybridized carbons (Fsp3) is 0.939. The highest BCUT2D eigenvalue weighted by Crippen LogP contribution is 2.45. The van der Waals surface area contributed by atoms with Gasteiger partial charge in [0.25, 0.3) is 0 Å². The number of aliphatic hydroxyl groups excluding tert-OH is 1. The molecule has 504 valence electrons. The molecule has 0 aromatic rings. The Balaban J connectivity index is 5.19. The van der Waals surface area contributed by atoms with E-state index in [1.165, 1.54) is 154 Å². The number of hydrogen-bond donors (Lipinski definition) is 3. The van der Waals surface area contributed by atoms with Gasteiger partial charge in [0, 0.05) is 25.7 Å². The molecule has 0 heterocycles. The summed E-state index contributed by atoms with van der Waals surface area (Å²) in [5.74, 6) is -1.34. The lowest BCUT2D eigenvalue weighted by Gasteiger charge is -2.21. The lowest BCUT2D eigenvalue weighted by Crippen LogP contribution is -2.30. The van der Waals surface area contributed by atoms with Crippen molar-refractivity contribution >= 4 is 39.5 Å². The van der Waals surface area contributed by atoms with Crippen molar-refractivity contribution in [1.82, 2.24) is 0 Å². The monoisotopic (exact) mass is 1250 g/mol. The first kappa shape index (κ1) is 83.1. The van der Waals surface area contributed by atoms with Crippen LogP contribution in [0.5, 0.6) is 0 Å². The van der Waals surface area contributed by atoms with E-state index in [9.17, 15) is 43.2 Å². The number of ether oxygens (including phenoxy) is 4. The highest BCUT2D eigenvalue weighted by atomic mass is 31.2. The minimum absolute atomic E-state index is 0.106. The summed E-state index contributed by atoms with van der Waals surface area (Å²) in [5, 5.41) is 10.5. The first-order chi connectivity index (χ1) is 41.0. The number of unbranched alkanes of at least 4 members (excludes halogenated alkanes) is 38. The summed E-state index contributed by atoms with van der Waals surface area (Å²) in [5.41, 5.74) is 0. The summed E-state index contributed by atoms with van der Waals surface area (Å²) in [6.45, 7) is 7.19. The van der Waals surface area contributed by atoms with Crippen molar-refractivity contribution in [3.63, 3.8) is 0 Å². The molecule has 0 aliphatic rings. The van der Waals surface area contributed by atoms with Gasteiger partial charge >= 0.3 is 39.5 Å². The molecule has 0 bridgehead atoms. The van der Waals surface area contributed by atoms with E-state index < -0.39 is 97.5 Å². The second kappa shape index (κ2) is 59.7. The van der Waals surface area contributed by atoms with Gasteiger partial charge in [0.2, 0.25) is 0 Å². The van der Waals surface area contributed by atoms with Crippen LogP contribution < -0.4 is 0 Å². The summed E-state index contributed by atoms with van der Waals surface area (Å²) in [6, 6.07) is 0. The minimum Gasteiger partial charge on any atom is -0.462 e. The topological polar surface area (TPSA) is 237 Å². The molecule has 0 saturated carbocycles. The Morgan fingerprint density at radius 3 is 0.800 bits per heavy atom. The Morgan fingerprint density at radius 1 is 0.318 bits per heavy atom. The normalized spacial score (nSPS) is 14.2. The van der Waals surface area contributed by atoms with Crippen molar-refractivity contribution in [2.24, 2.45) is 5.92 Å². The molecule has 19 heteroatoms. The molecule has 0 aromatic carbocycles. The van der Waals surface area contributed by atoms with E-state index in [2.05, 4.69) is 34.6 Å². The molecule has 0 radical (unpaired) electrons. The number of aliphatic hydroxyl groups is 1. The van der Waals surface area contributed by atoms with Crippen molar-refractivity contribution in [3.8, 4) is 0 Å². The van der Waals surface area contributed by atoms with Gasteiger partial charge in [0.15, 0.2) is 12.2 Å². The van der Waals surface area contributed by atoms with Crippen LogP contribution in [0, 0.1) is 5.92 Å². The molecule has 85 heavy (non-hydrogen) atoms. The van der Waals surface area contributed by atoms with Crippen LogP contribution in [0.15, 0.2) is 0 Å². The number of phosphoric ester groups is 2. The van der Waals surface area contributed by atoms with Gasteiger partial charge < -0.3 is 33.8 Å². The highest BCUT2D eigenvalue weighted by Gasteiger charge is 2.30. The van der Waals surface area contributed by atoms with Crippen LogP contribution in [0.25, 0.3) is 0 Å². The molecule has 0 aromatic heterocycles. The quantitative estimate of drug-likeness (QED) is 0.0222. The Morgan fingerprint density at radius 2 is 0.541 bits per heavy atom. The predicted molar refractivity (Wildman–Crippen MR) is 340 cm³/mol. The fourth-order valence-corrected chi connectivity index (χ4v) is 11.5. The molecule has 17 nitrogen and oxygen atoms in total. The molecule has 0 spiro atoms. The van der Waals surface area contributed by atoms with Crippen molar-refractivity contribution in [1.29, 1.82) is 0 Å². The van der Waals surface area contributed by atoms with Gasteiger partial charge in [-0.15, -0.1) is 0 Å². The fourth-order valence-electron chi connectivity index (χ4n) is 9.94. The molecule has 2 unspecified atom stereocenters. The lowest BCUT2D eigenvalue weighted by molar-refractivity contribution is -0.161. The number of hydrogen-bond acceptors (Lipinski definition) is 15. The van der Waals surface area contributed by atoms with Crippen LogP contribution in [0.4, 0.5) is 0 Å². The van der Waals surface area contributed by atoms with E-state index in [-0.39, 0.29) is 25.7 Å². The van der Waals surface area contributed by atoms with Gasteiger partial charge in [0.1, 0.15) is 19.3 Å². The van der Waals surface area contributed by atoms with Crippen molar-refractivity contribution in [2.45, 2.75) is 355 Å². The number of carbonyl (C=O) groups is 4. The Labute approximate surface area is 517 Å².